The molecule has 2 rings (SSSR count). The second-order valence-corrected chi connectivity index (χ2v) is 5.61. The summed E-state index contributed by atoms with van der Waals surface area (Å²) in [5.41, 5.74) is 4.26. The number of ether oxygens (including phenoxy) is 2. The van der Waals surface area contributed by atoms with Crippen molar-refractivity contribution in [3.63, 3.8) is 0 Å². The van der Waals surface area contributed by atoms with E-state index < -0.39 is 5.97 Å². The lowest BCUT2D eigenvalue weighted by Crippen LogP contribution is -2.20. The van der Waals surface area contributed by atoms with Gasteiger partial charge < -0.3 is 14.8 Å². The highest BCUT2D eigenvalue weighted by molar-refractivity contribution is 5.93. The van der Waals surface area contributed by atoms with Gasteiger partial charge >= 0.3 is 5.97 Å². The van der Waals surface area contributed by atoms with Gasteiger partial charge in [-0.2, -0.15) is 0 Å². The molecule has 0 radical (unpaired) electrons. The molecule has 24 heavy (non-hydrogen) atoms. The molecular weight excluding hydrogens is 306 g/mol. The van der Waals surface area contributed by atoms with Crippen LogP contribution in [0.1, 0.15) is 27.0 Å². The Labute approximate surface area is 141 Å². The number of aryl methyl sites for hydroxylation is 2. The van der Waals surface area contributed by atoms with Crippen LogP contribution in [0.4, 0.5) is 5.69 Å². The second kappa shape index (κ2) is 7.64. The minimum Gasteiger partial charge on any atom is -0.483 e. The smallest absolute Gasteiger partial charge is 0.337 e. The van der Waals surface area contributed by atoms with Crippen LogP contribution < -0.4 is 10.1 Å². The normalized spacial score (nSPS) is 10.2. The molecule has 0 aromatic heterocycles. The van der Waals surface area contributed by atoms with Crippen LogP contribution in [0.2, 0.25) is 0 Å². The molecule has 0 aliphatic heterocycles. The molecule has 0 unspecified atom stereocenters. The minimum absolute atomic E-state index is 0.0809. The summed E-state index contributed by atoms with van der Waals surface area (Å²) in [4.78, 5) is 23.4. The fourth-order valence-electron chi connectivity index (χ4n) is 2.30. The van der Waals surface area contributed by atoms with E-state index in [4.69, 9.17) is 4.74 Å². The summed E-state index contributed by atoms with van der Waals surface area (Å²) in [5.74, 6) is 0.0320. The van der Waals surface area contributed by atoms with Crippen molar-refractivity contribution >= 4 is 17.6 Å². The van der Waals surface area contributed by atoms with Crippen LogP contribution in [0.3, 0.4) is 0 Å². The summed E-state index contributed by atoms with van der Waals surface area (Å²) < 4.78 is 10.3. The van der Waals surface area contributed by atoms with E-state index in [0.717, 1.165) is 16.7 Å². The Bertz CT molecular complexity index is 751. The van der Waals surface area contributed by atoms with Crippen LogP contribution in [0.25, 0.3) is 0 Å². The van der Waals surface area contributed by atoms with Gasteiger partial charge in [0, 0.05) is 5.69 Å². The van der Waals surface area contributed by atoms with E-state index >= 15 is 0 Å². The lowest BCUT2D eigenvalue weighted by atomic mass is 10.1. The molecule has 0 saturated heterocycles. The van der Waals surface area contributed by atoms with Crippen LogP contribution in [0.15, 0.2) is 36.4 Å². The van der Waals surface area contributed by atoms with Crippen molar-refractivity contribution in [3.8, 4) is 5.75 Å². The summed E-state index contributed by atoms with van der Waals surface area (Å²) in [6, 6.07) is 10.5. The summed E-state index contributed by atoms with van der Waals surface area (Å²) in [6.07, 6.45) is 0. The van der Waals surface area contributed by atoms with Crippen LogP contribution in [0.5, 0.6) is 5.75 Å². The molecule has 1 amide bonds. The van der Waals surface area contributed by atoms with Crippen LogP contribution >= 0.6 is 0 Å². The van der Waals surface area contributed by atoms with Crippen molar-refractivity contribution in [3.05, 3.63) is 58.7 Å². The number of rotatable bonds is 5. The van der Waals surface area contributed by atoms with Gasteiger partial charge in [-0.15, -0.1) is 0 Å². The molecule has 0 bridgehead atoms. The first-order valence-electron chi connectivity index (χ1n) is 7.59. The molecule has 0 heterocycles. The third-order valence-corrected chi connectivity index (χ3v) is 3.71. The van der Waals surface area contributed by atoms with Gasteiger partial charge in [-0.05, 0) is 67.8 Å². The maximum absolute atomic E-state index is 12.0. The largest absolute Gasteiger partial charge is 0.483 e. The number of methoxy groups -OCH3 is 1. The van der Waals surface area contributed by atoms with Crippen molar-refractivity contribution in [2.45, 2.75) is 20.8 Å². The maximum atomic E-state index is 12.0. The summed E-state index contributed by atoms with van der Waals surface area (Å²) >= 11 is 0. The standard InChI is InChI=1S/C19H21NO4/c1-12-9-13(2)14(3)17(10-12)24-11-18(21)20-16-7-5-15(6-8-16)19(22)23-4/h5-10H,11H2,1-4H3,(H,20,21). The number of benzene rings is 2. The lowest BCUT2D eigenvalue weighted by Gasteiger charge is -2.12. The number of anilines is 1. The van der Waals surface area contributed by atoms with Gasteiger partial charge in [0.05, 0.1) is 12.7 Å². The van der Waals surface area contributed by atoms with E-state index in [2.05, 4.69) is 16.1 Å². The van der Waals surface area contributed by atoms with Gasteiger partial charge in [0.2, 0.25) is 0 Å². The van der Waals surface area contributed by atoms with Gasteiger partial charge in [-0.1, -0.05) is 6.07 Å². The summed E-state index contributed by atoms with van der Waals surface area (Å²) in [5, 5.41) is 2.73. The first-order chi connectivity index (χ1) is 11.4. The summed E-state index contributed by atoms with van der Waals surface area (Å²) in [6.45, 7) is 5.89. The molecule has 1 N–H and O–H groups in total. The van der Waals surface area contributed by atoms with Crippen molar-refractivity contribution in [1.82, 2.24) is 0 Å². The molecule has 2 aromatic rings. The fraction of sp³-hybridized carbons (Fsp3) is 0.263. The van der Waals surface area contributed by atoms with Gasteiger partial charge in [-0.3, -0.25) is 4.79 Å². The first-order valence-corrected chi connectivity index (χ1v) is 7.59. The van der Waals surface area contributed by atoms with E-state index in [9.17, 15) is 9.59 Å². The Balaban J connectivity index is 1.95. The van der Waals surface area contributed by atoms with Crippen molar-refractivity contribution in [2.24, 2.45) is 0 Å². The zero-order valence-corrected chi connectivity index (χ0v) is 14.3. The highest BCUT2D eigenvalue weighted by atomic mass is 16.5. The molecular formula is C19H21NO4. The Morgan fingerprint density at radius 2 is 1.71 bits per heavy atom. The topological polar surface area (TPSA) is 64.6 Å². The molecule has 126 valence electrons. The number of esters is 1. The van der Waals surface area contributed by atoms with Gasteiger partial charge in [0.1, 0.15) is 5.75 Å². The Morgan fingerprint density at radius 3 is 2.33 bits per heavy atom. The van der Waals surface area contributed by atoms with E-state index in [0.29, 0.717) is 17.0 Å². The predicted molar refractivity (Wildman–Crippen MR) is 92.6 cm³/mol. The van der Waals surface area contributed by atoms with Crippen LogP contribution in [0, 0.1) is 20.8 Å². The molecule has 0 atom stereocenters. The van der Waals surface area contributed by atoms with E-state index in [1.807, 2.05) is 26.8 Å². The monoisotopic (exact) mass is 327 g/mol. The molecule has 2 aromatic carbocycles. The molecule has 0 saturated carbocycles. The Morgan fingerprint density at radius 1 is 1.04 bits per heavy atom. The zero-order valence-electron chi connectivity index (χ0n) is 14.3. The van der Waals surface area contributed by atoms with Gasteiger partial charge in [0.25, 0.3) is 5.91 Å². The van der Waals surface area contributed by atoms with E-state index in [1.54, 1.807) is 24.3 Å². The van der Waals surface area contributed by atoms with Crippen molar-refractivity contribution in [1.29, 1.82) is 0 Å². The third-order valence-electron chi connectivity index (χ3n) is 3.71. The number of amides is 1. The predicted octanol–water partition coefficient (Wildman–Crippen LogP) is 3.42. The van der Waals surface area contributed by atoms with E-state index in [1.165, 1.54) is 7.11 Å². The van der Waals surface area contributed by atoms with E-state index in [-0.39, 0.29) is 12.5 Å². The highest BCUT2D eigenvalue weighted by Crippen LogP contribution is 2.23. The lowest BCUT2D eigenvalue weighted by molar-refractivity contribution is -0.118. The maximum Gasteiger partial charge on any atom is 0.337 e. The highest BCUT2D eigenvalue weighted by Gasteiger charge is 2.09. The number of hydrogen-bond donors (Lipinski definition) is 1. The zero-order chi connectivity index (χ0) is 17.7. The average Bonchev–Trinajstić information content (AvgIpc) is 2.56. The SMILES string of the molecule is COC(=O)c1ccc(NC(=O)COc2cc(C)cc(C)c2C)cc1. The van der Waals surface area contributed by atoms with Gasteiger partial charge in [-0.25, -0.2) is 4.79 Å². The van der Waals surface area contributed by atoms with Crippen molar-refractivity contribution < 1.29 is 19.1 Å². The molecule has 0 aliphatic rings. The Kier molecular flexibility index (Phi) is 5.58. The third kappa shape index (κ3) is 4.35. The quantitative estimate of drug-likeness (QED) is 0.855. The number of carbonyl (C=O) groups excluding carboxylic acids is 2. The van der Waals surface area contributed by atoms with Crippen LogP contribution in [-0.2, 0) is 9.53 Å². The minimum atomic E-state index is -0.415. The van der Waals surface area contributed by atoms with Gasteiger partial charge in [0.15, 0.2) is 6.61 Å². The number of carbonyl (C=O) groups is 2. The van der Waals surface area contributed by atoms with Crippen molar-refractivity contribution in [2.75, 3.05) is 19.0 Å². The molecule has 0 aliphatic carbocycles. The first kappa shape index (κ1) is 17.5. The second-order valence-electron chi connectivity index (χ2n) is 5.61. The average molecular weight is 327 g/mol. The fourth-order valence-corrected chi connectivity index (χ4v) is 2.30. The number of hydrogen-bond acceptors (Lipinski definition) is 4. The summed E-state index contributed by atoms with van der Waals surface area (Å²) in [7, 11) is 1.32. The van der Waals surface area contributed by atoms with Crippen LogP contribution in [-0.4, -0.2) is 25.6 Å². The molecule has 5 nitrogen and oxygen atoms in total. The number of nitrogens with one attached hydrogen (secondary N) is 1. The Hall–Kier alpha value is -2.82. The molecule has 5 heteroatoms. The molecule has 0 fully saturated rings. The molecule has 0 spiro atoms.